The smallest absolute Gasteiger partial charge is 0.153 e. The summed E-state index contributed by atoms with van der Waals surface area (Å²) in [5, 5.41) is 6.77. The minimum absolute atomic E-state index is 0.506. The second kappa shape index (κ2) is 3.38. The number of H-pyrrole nitrogens is 1. The molecule has 0 saturated heterocycles. The molecule has 0 atom stereocenters. The van der Waals surface area contributed by atoms with Crippen LogP contribution in [0.15, 0.2) is 36.9 Å². The molecule has 1 aromatic heterocycles. The molecule has 3 nitrogen and oxygen atoms in total. The van der Waals surface area contributed by atoms with Gasteiger partial charge in [0.15, 0.2) is 5.82 Å². The number of hydrogen-bond donors (Lipinski definition) is 2. The Labute approximate surface area is 82.3 Å². The molecule has 1 heterocycles. The average Bonchev–Trinajstić information content (AvgIpc) is 2.61. The van der Waals surface area contributed by atoms with E-state index in [9.17, 15) is 0 Å². The Balaban J connectivity index is 2.61. The third-order valence-electron chi connectivity index (χ3n) is 2.09. The second-order valence-corrected chi connectivity index (χ2v) is 2.97. The van der Waals surface area contributed by atoms with Crippen molar-refractivity contribution in [1.29, 1.82) is 0 Å². The zero-order chi connectivity index (χ0) is 9.97. The molecule has 70 valence electrons. The Bertz CT molecular complexity index is 443. The van der Waals surface area contributed by atoms with Crippen molar-refractivity contribution in [3.05, 3.63) is 42.6 Å². The van der Waals surface area contributed by atoms with Gasteiger partial charge in [-0.2, -0.15) is 5.10 Å². The van der Waals surface area contributed by atoms with E-state index in [4.69, 9.17) is 5.73 Å². The predicted octanol–water partition coefficient (Wildman–Crippen LogP) is 2.30. The zero-order valence-corrected chi connectivity index (χ0v) is 7.70. The number of anilines is 1. The summed E-state index contributed by atoms with van der Waals surface area (Å²) in [5.41, 5.74) is 8.58. The van der Waals surface area contributed by atoms with Crippen molar-refractivity contribution >= 4 is 11.9 Å². The molecule has 0 aliphatic carbocycles. The number of nitrogens with one attached hydrogen (secondary N) is 1. The fraction of sp³-hybridized carbons (Fsp3) is 0. The maximum absolute atomic E-state index is 5.76. The molecule has 0 aliphatic rings. The van der Waals surface area contributed by atoms with Gasteiger partial charge >= 0.3 is 0 Å². The molecular formula is C11H11N3. The van der Waals surface area contributed by atoms with Gasteiger partial charge in [0.2, 0.25) is 0 Å². The fourth-order valence-electron chi connectivity index (χ4n) is 1.43. The van der Waals surface area contributed by atoms with E-state index in [2.05, 4.69) is 16.8 Å². The van der Waals surface area contributed by atoms with Crippen molar-refractivity contribution in [1.82, 2.24) is 10.2 Å². The number of nitrogen functional groups attached to an aromatic ring is 1. The van der Waals surface area contributed by atoms with E-state index >= 15 is 0 Å². The van der Waals surface area contributed by atoms with E-state index in [-0.39, 0.29) is 0 Å². The van der Waals surface area contributed by atoms with E-state index in [0.717, 1.165) is 16.8 Å². The van der Waals surface area contributed by atoms with Crippen molar-refractivity contribution in [3.8, 4) is 11.1 Å². The Hall–Kier alpha value is -2.03. The number of aromatic nitrogens is 2. The molecule has 2 aromatic rings. The number of nitrogens with two attached hydrogens (primary N) is 1. The Morgan fingerprint density at radius 1 is 1.29 bits per heavy atom. The monoisotopic (exact) mass is 185 g/mol. The van der Waals surface area contributed by atoms with Crippen molar-refractivity contribution in [2.45, 2.75) is 0 Å². The van der Waals surface area contributed by atoms with E-state index < -0.39 is 0 Å². The third kappa shape index (κ3) is 1.29. The van der Waals surface area contributed by atoms with Crippen LogP contribution in [0.25, 0.3) is 17.2 Å². The van der Waals surface area contributed by atoms with Crippen LogP contribution >= 0.6 is 0 Å². The Kier molecular flexibility index (Phi) is 2.07. The molecule has 3 heteroatoms. The quantitative estimate of drug-likeness (QED) is 0.754. The van der Waals surface area contributed by atoms with Crippen LogP contribution in [0.3, 0.4) is 0 Å². The first-order chi connectivity index (χ1) is 6.83. The van der Waals surface area contributed by atoms with Gasteiger partial charge in [0.05, 0.1) is 11.3 Å². The summed E-state index contributed by atoms with van der Waals surface area (Å²) in [6.07, 6.45) is 1.71. The standard InChI is InChI=1S/C11H11N3/c1-2-9-10(11(12)14-13-9)8-6-4-3-5-7-8/h2-7H,1H2,(H3,12,13,14). The molecule has 1 aromatic carbocycles. The van der Waals surface area contributed by atoms with Gasteiger partial charge in [-0.3, -0.25) is 5.10 Å². The third-order valence-corrected chi connectivity index (χ3v) is 2.09. The van der Waals surface area contributed by atoms with E-state index in [1.807, 2.05) is 30.3 Å². The van der Waals surface area contributed by atoms with Crippen molar-refractivity contribution in [2.75, 3.05) is 5.73 Å². The first-order valence-corrected chi connectivity index (χ1v) is 4.34. The fourth-order valence-corrected chi connectivity index (χ4v) is 1.43. The summed E-state index contributed by atoms with van der Waals surface area (Å²) in [6, 6.07) is 9.89. The Morgan fingerprint density at radius 2 is 2.00 bits per heavy atom. The number of benzene rings is 1. The van der Waals surface area contributed by atoms with Crippen LogP contribution in [0.1, 0.15) is 5.69 Å². The second-order valence-electron chi connectivity index (χ2n) is 2.97. The van der Waals surface area contributed by atoms with Crippen LogP contribution in [0.2, 0.25) is 0 Å². The highest BCUT2D eigenvalue weighted by atomic mass is 15.2. The van der Waals surface area contributed by atoms with Crippen molar-refractivity contribution in [2.24, 2.45) is 0 Å². The first kappa shape index (κ1) is 8.56. The molecule has 0 fully saturated rings. The van der Waals surface area contributed by atoms with Crippen LogP contribution in [0, 0.1) is 0 Å². The first-order valence-electron chi connectivity index (χ1n) is 4.34. The highest BCUT2D eigenvalue weighted by Crippen LogP contribution is 2.27. The van der Waals surface area contributed by atoms with E-state index in [1.54, 1.807) is 6.08 Å². The number of rotatable bonds is 2. The molecule has 0 amide bonds. The molecule has 0 aliphatic heterocycles. The van der Waals surface area contributed by atoms with Crippen molar-refractivity contribution < 1.29 is 0 Å². The highest BCUT2D eigenvalue weighted by Gasteiger charge is 2.09. The van der Waals surface area contributed by atoms with Gasteiger partial charge < -0.3 is 5.73 Å². The largest absolute Gasteiger partial charge is 0.382 e. The number of nitrogens with zero attached hydrogens (tertiary/aromatic N) is 1. The van der Waals surface area contributed by atoms with Gasteiger partial charge in [-0.05, 0) is 11.6 Å². The number of hydrogen-bond acceptors (Lipinski definition) is 2. The highest BCUT2D eigenvalue weighted by molar-refractivity contribution is 5.81. The summed E-state index contributed by atoms with van der Waals surface area (Å²) in [4.78, 5) is 0. The molecule has 0 saturated carbocycles. The molecule has 0 spiro atoms. The topological polar surface area (TPSA) is 54.7 Å². The van der Waals surface area contributed by atoms with Gasteiger partial charge in [0.1, 0.15) is 0 Å². The van der Waals surface area contributed by atoms with Gasteiger partial charge in [-0.25, -0.2) is 0 Å². The van der Waals surface area contributed by atoms with E-state index in [1.165, 1.54) is 0 Å². The summed E-state index contributed by atoms with van der Waals surface area (Å²) in [5.74, 6) is 0.506. The van der Waals surface area contributed by atoms with Gasteiger partial charge in [0.25, 0.3) is 0 Å². The molecular weight excluding hydrogens is 174 g/mol. The minimum Gasteiger partial charge on any atom is -0.382 e. The lowest BCUT2D eigenvalue weighted by Gasteiger charge is -1.99. The van der Waals surface area contributed by atoms with Gasteiger partial charge in [-0.1, -0.05) is 36.9 Å². The molecule has 3 N–H and O–H groups in total. The molecule has 0 radical (unpaired) electrons. The minimum atomic E-state index is 0.506. The van der Waals surface area contributed by atoms with Gasteiger partial charge in [0, 0.05) is 0 Å². The normalized spacial score (nSPS) is 10.0. The van der Waals surface area contributed by atoms with Crippen LogP contribution in [0.5, 0.6) is 0 Å². The summed E-state index contributed by atoms with van der Waals surface area (Å²) >= 11 is 0. The SMILES string of the molecule is C=Cc1[nH]nc(N)c1-c1ccccc1. The molecule has 0 unspecified atom stereocenters. The molecule has 2 rings (SSSR count). The van der Waals surface area contributed by atoms with Crippen LogP contribution in [-0.4, -0.2) is 10.2 Å². The maximum atomic E-state index is 5.76. The summed E-state index contributed by atoms with van der Waals surface area (Å²) < 4.78 is 0. The predicted molar refractivity (Wildman–Crippen MR) is 58.5 cm³/mol. The van der Waals surface area contributed by atoms with E-state index in [0.29, 0.717) is 5.82 Å². The lowest BCUT2D eigenvalue weighted by atomic mass is 10.1. The average molecular weight is 185 g/mol. The van der Waals surface area contributed by atoms with Crippen LogP contribution in [0.4, 0.5) is 5.82 Å². The summed E-state index contributed by atoms with van der Waals surface area (Å²) in [6.45, 7) is 3.70. The lowest BCUT2D eigenvalue weighted by molar-refractivity contribution is 1.09. The summed E-state index contributed by atoms with van der Waals surface area (Å²) in [7, 11) is 0. The number of aromatic amines is 1. The molecule has 14 heavy (non-hydrogen) atoms. The maximum Gasteiger partial charge on any atom is 0.153 e. The Morgan fingerprint density at radius 3 is 2.64 bits per heavy atom. The van der Waals surface area contributed by atoms with Crippen molar-refractivity contribution in [3.63, 3.8) is 0 Å². The van der Waals surface area contributed by atoms with Crippen LogP contribution in [-0.2, 0) is 0 Å². The lowest BCUT2D eigenvalue weighted by Crippen LogP contribution is -1.87. The zero-order valence-electron chi connectivity index (χ0n) is 7.70. The molecule has 0 bridgehead atoms. The van der Waals surface area contributed by atoms with Crippen LogP contribution < -0.4 is 5.73 Å². The van der Waals surface area contributed by atoms with Gasteiger partial charge in [-0.15, -0.1) is 0 Å².